The van der Waals surface area contributed by atoms with Crippen LogP contribution in [-0.4, -0.2) is 24.7 Å². The van der Waals surface area contributed by atoms with E-state index in [-0.39, 0.29) is 10.8 Å². The molecule has 0 aliphatic heterocycles. The van der Waals surface area contributed by atoms with Gasteiger partial charge in [0.05, 0.1) is 6.20 Å². The maximum absolute atomic E-state index is 12.1. The molecule has 0 amide bonds. The van der Waals surface area contributed by atoms with E-state index in [1.165, 1.54) is 11.1 Å². The normalized spacial score (nSPS) is 13.5. The van der Waals surface area contributed by atoms with Crippen molar-refractivity contribution < 1.29 is 8.42 Å². The van der Waals surface area contributed by atoms with Gasteiger partial charge in [0, 0.05) is 24.2 Å². The number of nitrogens with zero attached hydrogens (tertiary/aromatic N) is 2. The van der Waals surface area contributed by atoms with Gasteiger partial charge in [0.2, 0.25) is 10.0 Å². The fraction of sp³-hybridized carbons (Fsp3) is 0.462. The fourth-order valence-electron chi connectivity index (χ4n) is 1.84. The molecular weight excluding hydrogens is 294 g/mol. The second-order valence-corrected chi connectivity index (χ2v) is 7.57. The zero-order valence-corrected chi connectivity index (χ0v) is 13.2. The van der Waals surface area contributed by atoms with Crippen LogP contribution in [0.25, 0.3) is 0 Å². The van der Waals surface area contributed by atoms with E-state index >= 15 is 0 Å². The van der Waals surface area contributed by atoms with Gasteiger partial charge in [-0.05, 0) is 30.7 Å². The van der Waals surface area contributed by atoms with Crippen molar-refractivity contribution >= 4 is 21.4 Å². The molecule has 1 atom stereocenters. The third-order valence-electron chi connectivity index (χ3n) is 3.00. The maximum atomic E-state index is 12.1. The third kappa shape index (κ3) is 3.91. The monoisotopic (exact) mass is 313 g/mol. The van der Waals surface area contributed by atoms with Crippen LogP contribution in [0.3, 0.4) is 0 Å². The summed E-state index contributed by atoms with van der Waals surface area (Å²) in [5, 5.41) is 6.02. The van der Waals surface area contributed by atoms with Crippen LogP contribution in [0.2, 0.25) is 0 Å². The molecule has 0 saturated heterocycles. The minimum atomic E-state index is -3.45. The van der Waals surface area contributed by atoms with E-state index in [2.05, 4.69) is 15.9 Å². The highest BCUT2D eigenvalue weighted by Crippen LogP contribution is 2.14. The lowest BCUT2D eigenvalue weighted by Crippen LogP contribution is -2.28. The average Bonchev–Trinajstić information content (AvgIpc) is 3.07. The van der Waals surface area contributed by atoms with Crippen LogP contribution in [-0.2, 0) is 23.0 Å². The molecule has 5 nitrogen and oxygen atoms in total. The highest BCUT2D eigenvalue weighted by atomic mass is 32.2. The van der Waals surface area contributed by atoms with E-state index < -0.39 is 10.0 Å². The summed E-state index contributed by atoms with van der Waals surface area (Å²) < 4.78 is 28.5. The van der Waals surface area contributed by atoms with Gasteiger partial charge < -0.3 is 0 Å². The minimum absolute atomic E-state index is 0.225. The Balaban J connectivity index is 1.91. The van der Waals surface area contributed by atoms with E-state index in [0.29, 0.717) is 13.1 Å². The van der Waals surface area contributed by atoms with Crippen molar-refractivity contribution in [3.05, 3.63) is 34.8 Å². The van der Waals surface area contributed by atoms with Gasteiger partial charge in [-0.1, -0.05) is 13.0 Å². The molecule has 1 N–H and O–H groups in total. The van der Waals surface area contributed by atoms with E-state index in [0.717, 1.165) is 6.42 Å². The number of rotatable bonds is 7. The van der Waals surface area contributed by atoms with Gasteiger partial charge in [-0.2, -0.15) is 5.10 Å². The lowest BCUT2D eigenvalue weighted by Gasteiger charge is -2.11. The van der Waals surface area contributed by atoms with Gasteiger partial charge in [-0.3, -0.25) is 4.68 Å². The molecule has 2 rings (SSSR count). The molecule has 0 bridgehead atoms. The Bertz CT molecular complexity index is 632. The van der Waals surface area contributed by atoms with Crippen molar-refractivity contribution in [2.75, 3.05) is 6.54 Å². The van der Waals surface area contributed by atoms with Crippen LogP contribution in [0.15, 0.2) is 34.8 Å². The molecule has 0 saturated carbocycles. The van der Waals surface area contributed by atoms with Crippen molar-refractivity contribution in [2.45, 2.75) is 31.7 Å². The molecule has 20 heavy (non-hydrogen) atoms. The first-order chi connectivity index (χ1) is 9.51. The largest absolute Gasteiger partial charge is 0.272 e. The SMILES string of the molecule is CCn1cc(S(=O)(=O)NC[C@H](C)Cc2cccs2)cn1. The zero-order chi connectivity index (χ0) is 14.6. The third-order valence-corrected chi connectivity index (χ3v) is 5.27. The van der Waals surface area contributed by atoms with Crippen LogP contribution >= 0.6 is 11.3 Å². The number of hydrogen-bond donors (Lipinski definition) is 1. The number of thiophene rings is 1. The number of aromatic nitrogens is 2. The average molecular weight is 313 g/mol. The topological polar surface area (TPSA) is 64.0 Å². The smallest absolute Gasteiger partial charge is 0.243 e. The van der Waals surface area contributed by atoms with E-state index in [4.69, 9.17) is 0 Å². The molecule has 0 fully saturated rings. The summed E-state index contributed by atoms with van der Waals surface area (Å²) in [6.07, 6.45) is 3.82. The summed E-state index contributed by atoms with van der Waals surface area (Å²) in [6.45, 7) is 5.04. The summed E-state index contributed by atoms with van der Waals surface area (Å²) in [6, 6.07) is 4.08. The van der Waals surface area contributed by atoms with E-state index in [1.54, 1.807) is 22.2 Å². The summed E-state index contributed by atoms with van der Waals surface area (Å²) >= 11 is 1.70. The van der Waals surface area contributed by atoms with Crippen LogP contribution < -0.4 is 4.72 Å². The van der Waals surface area contributed by atoms with Crippen molar-refractivity contribution in [2.24, 2.45) is 5.92 Å². The molecule has 110 valence electrons. The van der Waals surface area contributed by atoms with Crippen LogP contribution in [0, 0.1) is 5.92 Å². The number of hydrogen-bond acceptors (Lipinski definition) is 4. The van der Waals surface area contributed by atoms with Crippen molar-refractivity contribution in [1.29, 1.82) is 0 Å². The predicted octanol–water partition coefficient (Wildman–Crippen LogP) is 2.12. The molecule has 0 aliphatic rings. The van der Waals surface area contributed by atoms with Crippen LogP contribution in [0.1, 0.15) is 18.7 Å². The van der Waals surface area contributed by atoms with Gasteiger partial charge >= 0.3 is 0 Å². The first-order valence-corrected chi connectivity index (χ1v) is 8.92. The molecule has 0 unspecified atom stereocenters. The summed E-state index contributed by atoms with van der Waals surface area (Å²) in [7, 11) is -3.45. The van der Waals surface area contributed by atoms with Crippen molar-refractivity contribution in [3.63, 3.8) is 0 Å². The first kappa shape index (κ1) is 15.2. The van der Waals surface area contributed by atoms with Gasteiger partial charge in [-0.25, -0.2) is 13.1 Å². The molecule has 7 heteroatoms. The lowest BCUT2D eigenvalue weighted by molar-refractivity contribution is 0.539. The van der Waals surface area contributed by atoms with Crippen molar-refractivity contribution in [3.8, 4) is 0 Å². The maximum Gasteiger partial charge on any atom is 0.243 e. The Morgan fingerprint density at radius 1 is 1.50 bits per heavy atom. The molecular formula is C13H19N3O2S2. The second-order valence-electron chi connectivity index (χ2n) is 4.77. The molecule has 0 spiro atoms. The number of aryl methyl sites for hydroxylation is 1. The second kappa shape index (κ2) is 6.51. The van der Waals surface area contributed by atoms with E-state index in [1.807, 2.05) is 25.3 Å². The molecule has 0 aliphatic carbocycles. The molecule has 2 heterocycles. The van der Waals surface area contributed by atoms with Crippen LogP contribution in [0.4, 0.5) is 0 Å². The Morgan fingerprint density at radius 3 is 2.90 bits per heavy atom. The first-order valence-electron chi connectivity index (χ1n) is 6.55. The van der Waals surface area contributed by atoms with Gasteiger partial charge in [0.1, 0.15) is 4.90 Å². The summed E-state index contributed by atoms with van der Waals surface area (Å²) in [5.41, 5.74) is 0. The van der Waals surface area contributed by atoms with Crippen molar-refractivity contribution in [1.82, 2.24) is 14.5 Å². The molecule has 2 aromatic rings. The van der Waals surface area contributed by atoms with Gasteiger partial charge in [-0.15, -0.1) is 11.3 Å². The lowest BCUT2D eigenvalue weighted by atomic mass is 10.1. The van der Waals surface area contributed by atoms with Crippen LogP contribution in [0.5, 0.6) is 0 Å². The molecule has 0 aromatic carbocycles. The Hall–Kier alpha value is -1.18. The Labute approximate surface area is 123 Å². The molecule has 0 radical (unpaired) electrons. The Kier molecular flexibility index (Phi) is 4.95. The summed E-state index contributed by atoms with van der Waals surface area (Å²) in [5.74, 6) is 0.254. The minimum Gasteiger partial charge on any atom is -0.272 e. The fourth-order valence-corrected chi connectivity index (χ4v) is 3.82. The number of nitrogens with one attached hydrogen (secondary N) is 1. The zero-order valence-electron chi connectivity index (χ0n) is 11.6. The predicted molar refractivity (Wildman–Crippen MR) is 80.3 cm³/mol. The highest BCUT2D eigenvalue weighted by molar-refractivity contribution is 7.89. The van der Waals surface area contributed by atoms with E-state index in [9.17, 15) is 8.42 Å². The quantitative estimate of drug-likeness (QED) is 0.851. The highest BCUT2D eigenvalue weighted by Gasteiger charge is 2.17. The Morgan fingerprint density at radius 2 is 2.30 bits per heavy atom. The van der Waals surface area contributed by atoms with Gasteiger partial charge in [0.25, 0.3) is 0 Å². The number of sulfonamides is 1. The van der Waals surface area contributed by atoms with Gasteiger partial charge in [0.15, 0.2) is 0 Å². The molecule has 2 aromatic heterocycles. The standard InChI is InChI=1S/C13H19N3O2S2/c1-3-16-10-13(9-14-16)20(17,18)15-8-11(2)7-12-5-4-6-19-12/h4-6,9-11,15H,3,7-8H2,1-2H3/t11-/m1/s1. The summed E-state index contributed by atoms with van der Waals surface area (Å²) in [4.78, 5) is 1.50.